The van der Waals surface area contributed by atoms with E-state index in [0.29, 0.717) is 11.8 Å². The lowest BCUT2D eigenvalue weighted by molar-refractivity contribution is 0.275. The molecule has 0 amide bonds. The summed E-state index contributed by atoms with van der Waals surface area (Å²) in [5, 5.41) is 0.805. The van der Waals surface area contributed by atoms with Crippen molar-refractivity contribution in [1.29, 1.82) is 0 Å². The van der Waals surface area contributed by atoms with Gasteiger partial charge in [0.25, 0.3) is 0 Å². The molecule has 17 heavy (non-hydrogen) atoms. The SMILES string of the molecule is Cc1c(CO[Si](C)(C)C(C)(C)C)ccnc1Cl. The molecule has 0 atom stereocenters. The van der Waals surface area contributed by atoms with Crippen LogP contribution < -0.4 is 0 Å². The predicted molar refractivity (Wildman–Crippen MR) is 76.0 cm³/mol. The first-order valence-corrected chi connectivity index (χ1v) is 9.18. The fourth-order valence-corrected chi connectivity index (χ4v) is 2.31. The Hall–Kier alpha value is -0.383. The van der Waals surface area contributed by atoms with Gasteiger partial charge in [0.1, 0.15) is 5.15 Å². The molecule has 0 unspecified atom stereocenters. The standard InChI is InChI=1S/C13H22ClNOSi/c1-10-11(7-8-15-12(10)14)9-16-17(5,6)13(2,3)4/h7-8H,9H2,1-6H3. The van der Waals surface area contributed by atoms with Crippen LogP contribution in [0, 0.1) is 6.92 Å². The zero-order valence-electron chi connectivity index (χ0n) is 11.6. The third-order valence-corrected chi connectivity index (χ3v) is 8.51. The molecular formula is C13H22ClNOSi. The van der Waals surface area contributed by atoms with Crippen molar-refractivity contribution in [2.45, 2.75) is 52.4 Å². The molecule has 0 aromatic carbocycles. The molecule has 0 aliphatic heterocycles. The van der Waals surface area contributed by atoms with Gasteiger partial charge in [-0.1, -0.05) is 32.4 Å². The second kappa shape index (κ2) is 5.08. The minimum Gasteiger partial charge on any atom is -0.413 e. The molecule has 0 fully saturated rings. The highest BCUT2D eigenvalue weighted by atomic mass is 35.5. The Morgan fingerprint density at radius 1 is 1.35 bits per heavy atom. The smallest absolute Gasteiger partial charge is 0.192 e. The summed E-state index contributed by atoms with van der Waals surface area (Å²) in [4.78, 5) is 4.05. The van der Waals surface area contributed by atoms with Crippen LogP contribution in [-0.2, 0) is 11.0 Å². The van der Waals surface area contributed by atoms with Gasteiger partial charge in [-0.05, 0) is 42.2 Å². The normalized spacial score (nSPS) is 12.9. The van der Waals surface area contributed by atoms with E-state index in [2.05, 4.69) is 38.8 Å². The number of hydrogen-bond acceptors (Lipinski definition) is 2. The first kappa shape index (κ1) is 14.7. The lowest BCUT2D eigenvalue weighted by atomic mass is 10.2. The summed E-state index contributed by atoms with van der Waals surface area (Å²) in [7, 11) is -1.69. The second-order valence-corrected chi connectivity index (χ2v) is 11.1. The maximum atomic E-state index is 6.17. The summed E-state index contributed by atoms with van der Waals surface area (Å²) in [5.41, 5.74) is 2.16. The number of pyridine rings is 1. The molecule has 0 saturated heterocycles. The van der Waals surface area contributed by atoms with Gasteiger partial charge in [0.05, 0.1) is 6.61 Å². The molecular weight excluding hydrogens is 250 g/mol. The average molecular weight is 272 g/mol. The van der Waals surface area contributed by atoms with Gasteiger partial charge in [-0.15, -0.1) is 0 Å². The van der Waals surface area contributed by atoms with Crippen molar-refractivity contribution in [3.8, 4) is 0 Å². The summed E-state index contributed by atoms with van der Waals surface area (Å²) in [5.74, 6) is 0. The monoisotopic (exact) mass is 271 g/mol. The molecule has 2 nitrogen and oxygen atoms in total. The second-order valence-electron chi connectivity index (χ2n) is 5.93. The molecule has 96 valence electrons. The van der Waals surface area contributed by atoms with E-state index >= 15 is 0 Å². The van der Waals surface area contributed by atoms with Crippen molar-refractivity contribution in [1.82, 2.24) is 4.98 Å². The summed E-state index contributed by atoms with van der Waals surface area (Å²) >= 11 is 6.00. The van der Waals surface area contributed by atoms with E-state index in [4.69, 9.17) is 16.0 Å². The molecule has 0 saturated carbocycles. The van der Waals surface area contributed by atoms with Gasteiger partial charge >= 0.3 is 0 Å². The molecule has 0 N–H and O–H groups in total. The fraction of sp³-hybridized carbons (Fsp3) is 0.615. The molecule has 1 aromatic rings. The lowest BCUT2D eigenvalue weighted by Gasteiger charge is -2.36. The minimum atomic E-state index is -1.69. The summed E-state index contributed by atoms with van der Waals surface area (Å²) in [6, 6.07) is 1.98. The van der Waals surface area contributed by atoms with Crippen LogP contribution in [0.15, 0.2) is 12.3 Å². The van der Waals surface area contributed by atoms with Crippen molar-refractivity contribution >= 4 is 19.9 Å². The number of halogens is 1. The van der Waals surface area contributed by atoms with Crippen LogP contribution in [0.2, 0.25) is 23.3 Å². The van der Waals surface area contributed by atoms with E-state index in [0.717, 1.165) is 11.1 Å². The van der Waals surface area contributed by atoms with E-state index in [9.17, 15) is 0 Å². The van der Waals surface area contributed by atoms with Crippen molar-refractivity contribution in [3.63, 3.8) is 0 Å². The molecule has 0 aliphatic rings. The average Bonchev–Trinajstić information content (AvgIpc) is 2.18. The van der Waals surface area contributed by atoms with Gasteiger partial charge in [-0.25, -0.2) is 4.98 Å². The highest BCUT2D eigenvalue weighted by molar-refractivity contribution is 6.74. The fourth-order valence-electron chi connectivity index (χ4n) is 1.18. The molecule has 1 aromatic heterocycles. The van der Waals surface area contributed by atoms with Gasteiger partial charge in [-0.3, -0.25) is 0 Å². The van der Waals surface area contributed by atoms with Gasteiger partial charge in [0.15, 0.2) is 8.32 Å². The van der Waals surface area contributed by atoms with Crippen LogP contribution in [-0.4, -0.2) is 13.3 Å². The highest BCUT2D eigenvalue weighted by Crippen LogP contribution is 2.37. The number of aromatic nitrogens is 1. The first-order valence-electron chi connectivity index (χ1n) is 5.89. The molecule has 1 rings (SSSR count). The maximum absolute atomic E-state index is 6.17. The van der Waals surface area contributed by atoms with E-state index < -0.39 is 8.32 Å². The Morgan fingerprint density at radius 3 is 2.47 bits per heavy atom. The highest BCUT2D eigenvalue weighted by Gasteiger charge is 2.37. The van der Waals surface area contributed by atoms with Crippen molar-refractivity contribution in [2.24, 2.45) is 0 Å². The van der Waals surface area contributed by atoms with E-state index in [1.165, 1.54) is 0 Å². The number of rotatable bonds is 3. The van der Waals surface area contributed by atoms with E-state index in [-0.39, 0.29) is 5.04 Å². The van der Waals surface area contributed by atoms with Crippen molar-refractivity contribution in [3.05, 3.63) is 28.5 Å². The van der Waals surface area contributed by atoms with Gasteiger partial charge < -0.3 is 4.43 Å². The van der Waals surface area contributed by atoms with Crippen molar-refractivity contribution in [2.75, 3.05) is 0 Å². The molecule has 1 heterocycles. The molecule has 0 radical (unpaired) electrons. The van der Waals surface area contributed by atoms with Gasteiger partial charge in [0.2, 0.25) is 0 Å². The molecule has 4 heteroatoms. The molecule has 0 aliphatic carbocycles. The Balaban J connectivity index is 2.78. The Labute approximate surface area is 110 Å². The van der Waals surface area contributed by atoms with Crippen LogP contribution in [0.3, 0.4) is 0 Å². The Kier molecular flexibility index (Phi) is 4.39. The first-order chi connectivity index (χ1) is 7.65. The Bertz CT molecular complexity index is 399. The number of nitrogens with zero attached hydrogens (tertiary/aromatic N) is 1. The van der Waals surface area contributed by atoms with Gasteiger partial charge in [-0.2, -0.15) is 0 Å². The van der Waals surface area contributed by atoms with E-state index in [1.807, 2.05) is 13.0 Å². The van der Waals surface area contributed by atoms with Crippen LogP contribution in [0.4, 0.5) is 0 Å². The third kappa shape index (κ3) is 3.54. The Morgan fingerprint density at radius 2 is 1.94 bits per heavy atom. The van der Waals surface area contributed by atoms with Gasteiger partial charge in [0, 0.05) is 6.20 Å². The summed E-state index contributed by atoms with van der Waals surface area (Å²) in [6.45, 7) is 13.9. The summed E-state index contributed by atoms with van der Waals surface area (Å²) < 4.78 is 6.17. The third-order valence-electron chi connectivity index (χ3n) is 3.65. The summed E-state index contributed by atoms with van der Waals surface area (Å²) in [6.07, 6.45) is 1.74. The maximum Gasteiger partial charge on any atom is 0.192 e. The molecule has 0 spiro atoms. The van der Waals surface area contributed by atoms with Crippen molar-refractivity contribution < 1.29 is 4.43 Å². The van der Waals surface area contributed by atoms with E-state index in [1.54, 1.807) is 6.20 Å². The largest absolute Gasteiger partial charge is 0.413 e. The van der Waals surface area contributed by atoms with Crippen LogP contribution >= 0.6 is 11.6 Å². The van der Waals surface area contributed by atoms with Crippen LogP contribution in [0.25, 0.3) is 0 Å². The zero-order chi connectivity index (χ0) is 13.3. The van der Waals surface area contributed by atoms with Crippen LogP contribution in [0.5, 0.6) is 0 Å². The van der Waals surface area contributed by atoms with Crippen LogP contribution in [0.1, 0.15) is 31.9 Å². The lowest BCUT2D eigenvalue weighted by Crippen LogP contribution is -2.40. The quantitative estimate of drug-likeness (QED) is 0.594. The predicted octanol–water partition coefficient (Wildman–Crippen LogP) is 4.57. The number of hydrogen-bond donors (Lipinski definition) is 0. The molecule has 0 bridgehead atoms. The topological polar surface area (TPSA) is 22.1 Å². The zero-order valence-corrected chi connectivity index (χ0v) is 13.4. The minimum absolute atomic E-state index is 0.234.